The Kier molecular flexibility index (Phi) is 2.92. The second kappa shape index (κ2) is 4.12. The number of imidazole rings is 1. The number of nitrogens with zero attached hydrogens (tertiary/aromatic N) is 3. The molecule has 0 bridgehead atoms. The summed E-state index contributed by atoms with van der Waals surface area (Å²) in [5.74, 6) is 0.531. The third-order valence-electron chi connectivity index (χ3n) is 2.74. The molecule has 6 nitrogen and oxygen atoms in total. The van der Waals surface area contributed by atoms with Gasteiger partial charge in [0.1, 0.15) is 5.52 Å². The third kappa shape index (κ3) is 2.32. The van der Waals surface area contributed by atoms with E-state index in [1.54, 1.807) is 6.92 Å². The molecule has 0 aliphatic carbocycles. The van der Waals surface area contributed by atoms with E-state index >= 15 is 0 Å². The van der Waals surface area contributed by atoms with Crippen molar-refractivity contribution in [3.63, 3.8) is 0 Å². The van der Waals surface area contributed by atoms with Crippen molar-refractivity contribution in [1.82, 2.24) is 19.9 Å². The van der Waals surface area contributed by atoms with E-state index in [0.29, 0.717) is 17.0 Å². The Bertz CT molecular complexity index is 536. The minimum Gasteiger partial charge on any atom is -0.391 e. The topological polar surface area (TPSA) is 86.7 Å². The molecule has 2 heterocycles. The van der Waals surface area contributed by atoms with Crippen LogP contribution in [0.4, 0.5) is 5.82 Å². The van der Waals surface area contributed by atoms with Gasteiger partial charge in [-0.3, -0.25) is 0 Å². The Morgan fingerprint density at radius 2 is 2.18 bits per heavy atom. The lowest BCUT2D eigenvalue weighted by Gasteiger charge is -2.29. The summed E-state index contributed by atoms with van der Waals surface area (Å²) in [6.45, 7) is 5.45. The Labute approximate surface area is 103 Å². The van der Waals surface area contributed by atoms with Crippen LogP contribution >= 0.6 is 11.6 Å². The largest absolute Gasteiger partial charge is 0.391 e. The highest BCUT2D eigenvalue weighted by Crippen LogP contribution is 2.23. The van der Waals surface area contributed by atoms with E-state index < -0.39 is 11.6 Å². The first-order valence-corrected chi connectivity index (χ1v) is 5.61. The van der Waals surface area contributed by atoms with Gasteiger partial charge in [0.05, 0.1) is 18.0 Å². The summed E-state index contributed by atoms with van der Waals surface area (Å²) in [4.78, 5) is 15.0. The molecule has 0 fully saturated rings. The standard InChI is InChI=1S/C10H14ClN5O/c1-5(17)10(2,3)16-8-6-7(13-4-12-6)14-9(11)15-8/h4-5,17H,1-3H3,(H2,12,13,14,15,16). The number of H-pyrrole nitrogens is 1. The quantitative estimate of drug-likeness (QED) is 0.725. The SMILES string of the molecule is CC(O)C(C)(C)Nc1nc(Cl)nc2nc[nH]c12. The molecule has 1 unspecified atom stereocenters. The van der Waals surface area contributed by atoms with Crippen molar-refractivity contribution in [2.24, 2.45) is 0 Å². The van der Waals surface area contributed by atoms with Crippen molar-refractivity contribution in [3.8, 4) is 0 Å². The van der Waals surface area contributed by atoms with Gasteiger partial charge in [0, 0.05) is 0 Å². The zero-order valence-corrected chi connectivity index (χ0v) is 10.6. The van der Waals surface area contributed by atoms with Crippen LogP contribution in [0.25, 0.3) is 11.2 Å². The summed E-state index contributed by atoms with van der Waals surface area (Å²) in [6, 6.07) is 0. The molecule has 0 spiro atoms. The van der Waals surface area contributed by atoms with E-state index in [4.69, 9.17) is 11.6 Å². The van der Waals surface area contributed by atoms with Crippen LogP contribution in [-0.4, -0.2) is 36.7 Å². The molecule has 17 heavy (non-hydrogen) atoms. The fourth-order valence-corrected chi connectivity index (χ4v) is 1.47. The van der Waals surface area contributed by atoms with Crippen LogP contribution < -0.4 is 5.32 Å². The molecular formula is C10H14ClN5O. The number of hydrogen-bond acceptors (Lipinski definition) is 5. The Hall–Kier alpha value is -1.40. The lowest BCUT2D eigenvalue weighted by atomic mass is 9.99. The van der Waals surface area contributed by atoms with E-state index in [1.165, 1.54) is 6.33 Å². The molecule has 0 saturated carbocycles. The summed E-state index contributed by atoms with van der Waals surface area (Å²) in [5, 5.41) is 12.9. The number of aromatic nitrogens is 4. The van der Waals surface area contributed by atoms with Crippen molar-refractivity contribution >= 4 is 28.6 Å². The van der Waals surface area contributed by atoms with Gasteiger partial charge in [0.15, 0.2) is 11.5 Å². The van der Waals surface area contributed by atoms with E-state index in [9.17, 15) is 5.11 Å². The summed E-state index contributed by atoms with van der Waals surface area (Å²) < 4.78 is 0. The van der Waals surface area contributed by atoms with Crippen LogP contribution in [0.3, 0.4) is 0 Å². The number of aromatic amines is 1. The summed E-state index contributed by atoms with van der Waals surface area (Å²) in [7, 11) is 0. The zero-order chi connectivity index (χ0) is 12.6. The normalized spacial score (nSPS) is 13.9. The van der Waals surface area contributed by atoms with Gasteiger partial charge < -0.3 is 15.4 Å². The molecule has 7 heteroatoms. The number of aliphatic hydroxyl groups is 1. The van der Waals surface area contributed by atoms with Crippen molar-refractivity contribution < 1.29 is 5.11 Å². The molecule has 92 valence electrons. The Balaban J connectivity index is 2.45. The molecule has 2 rings (SSSR count). The van der Waals surface area contributed by atoms with Crippen molar-refractivity contribution in [2.45, 2.75) is 32.4 Å². The molecule has 0 aliphatic rings. The predicted octanol–water partition coefficient (Wildman–Crippen LogP) is 1.58. The van der Waals surface area contributed by atoms with Crippen molar-refractivity contribution in [1.29, 1.82) is 0 Å². The molecule has 0 radical (unpaired) electrons. The van der Waals surface area contributed by atoms with Gasteiger partial charge in [-0.2, -0.15) is 9.97 Å². The van der Waals surface area contributed by atoms with E-state index in [-0.39, 0.29) is 5.28 Å². The predicted molar refractivity (Wildman–Crippen MR) is 66.1 cm³/mol. The number of hydrogen-bond donors (Lipinski definition) is 3. The molecule has 0 aliphatic heterocycles. The van der Waals surface area contributed by atoms with Crippen LogP contribution in [0.2, 0.25) is 5.28 Å². The number of rotatable bonds is 3. The van der Waals surface area contributed by atoms with Crippen LogP contribution in [0.1, 0.15) is 20.8 Å². The Morgan fingerprint density at radius 3 is 2.82 bits per heavy atom. The van der Waals surface area contributed by atoms with Gasteiger partial charge in [-0.25, -0.2) is 4.98 Å². The van der Waals surface area contributed by atoms with Gasteiger partial charge in [-0.1, -0.05) is 0 Å². The van der Waals surface area contributed by atoms with Crippen LogP contribution in [-0.2, 0) is 0 Å². The minimum absolute atomic E-state index is 0.119. The lowest BCUT2D eigenvalue weighted by molar-refractivity contribution is 0.133. The first-order chi connectivity index (χ1) is 7.90. The zero-order valence-electron chi connectivity index (χ0n) is 9.82. The lowest BCUT2D eigenvalue weighted by Crippen LogP contribution is -2.42. The van der Waals surface area contributed by atoms with Crippen LogP contribution in [0.15, 0.2) is 6.33 Å². The molecule has 0 saturated heterocycles. The average Bonchev–Trinajstić information content (AvgIpc) is 2.64. The second-order valence-electron chi connectivity index (χ2n) is 4.47. The maximum atomic E-state index is 9.67. The highest BCUT2D eigenvalue weighted by Gasteiger charge is 2.25. The van der Waals surface area contributed by atoms with Gasteiger partial charge in [0.25, 0.3) is 0 Å². The van der Waals surface area contributed by atoms with Gasteiger partial charge >= 0.3 is 0 Å². The molecular weight excluding hydrogens is 242 g/mol. The maximum absolute atomic E-state index is 9.67. The summed E-state index contributed by atoms with van der Waals surface area (Å²) in [6.07, 6.45) is 0.977. The number of halogens is 1. The summed E-state index contributed by atoms with van der Waals surface area (Å²) in [5.41, 5.74) is 0.632. The maximum Gasteiger partial charge on any atom is 0.226 e. The average molecular weight is 256 g/mol. The van der Waals surface area contributed by atoms with Crippen molar-refractivity contribution in [2.75, 3.05) is 5.32 Å². The monoisotopic (exact) mass is 255 g/mol. The van der Waals surface area contributed by atoms with E-state index in [1.807, 2.05) is 13.8 Å². The molecule has 0 amide bonds. The van der Waals surface area contributed by atoms with Gasteiger partial charge in [-0.05, 0) is 32.4 Å². The summed E-state index contributed by atoms with van der Waals surface area (Å²) >= 11 is 5.81. The van der Waals surface area contributed by atoms with E-state index in [0.717, 1.165) is 0 Å². The van der Waals surface area contributed by atoms with Gasteiger partial charge in [-0.15, -0.1) is 0 Å². The highest BCUT2D eigenvalue weighted by molar-refractivity contribution is 6.28. The van der Waals surface area contributed by atoms with E-state index in [2.05, 4.69) is 25.3 Å². The molecule has 0 aromatic carbocycles. The molecule has 2 aromatic heterocycles. The molecule has 3 N–H and O–H groups in total. The second-order valence-corrected chi connectivity index (χ2v) is 4.80. The molecule has 2 aromatic rings. The number of aliphatic hydroxyl groups excluding tert-OH is 1. The van der Waals surface area contributed by atoms with Crippen LogP contribution in [0, 0.1) is 0 Å². The first kappa shape index (κ1) is 12.1. The van der Waals surface area contributed by atoms with Gasteiger partial charge in [0.2, 0.25) is 5.28 Å². The Morgan fingerprint density at radius 1 is 1.47 bits per heavy atom. The van der Waals surface area contributed by atoms with Crippen molar-refractivity contribution in [3.05, 3.63) is 11.6 Å². The minimum atomic E-state index is -0.547. The third-order valence-corrected chi connectivity index (χ3v) is 2.91. The fraction of sp³-hybridized carbons (Fsp3) is 0.500. The fourth-order valence-electron chi connectivity index (χ4n) is 1.31. The highest BCUT2D eigenvalue weighted by atomic mass is 35.5. The number of anilines is 1. The first-order valence-electron chi connectivity index (χ1n) is 5.23. The number of fused-ring (bicyclic) bond motifs is 1. The molecule has 1 atom stereocenters. The number of nitrogens with one attached hydrogen (secondary N) is 2. The van der Waals surface area contributed by atoms with Crippen LogP contribution in [0.5, 0.6) is 0 Å². The smallest absolute Gasteiger partial charge is 0.226 e.